The summed E-state index contributed by atoms with van der Waals surface area (Å²) in [7, 11) is 0. The molecule has 0 spiro atoms. The summed E-state index contributed by atoms with van der Waals surface area (Å²) < 4.78 is 12.9. The van der Waals surface area contributed by atoms with E-state index in [0.29, 0.717) is 25.2 Å². The van der Waals surface area contributed by atoms with Crippen molar-refractivity contribution in [2.24, 2.45) is 11.5 Å². The molecule has 1 aromatic carbocycles. The molecule has 0 saturated heterocycles. The van der Waals surface area contributed by atoms with Crippen molar-refractivity contribution >= 4 is 11.7 Å². The Bertz CT molecular complexity index is 343. The van der Waals surface area contributed by atoms with Crippen LogP contribution in [0, 0.1) is 5.82 Å². The fourth-order valence-electron chi connectivity index (χ4n) is 1.26. The van der Waals surface area contributed by atoms with Crippen LogP contribution in [0.5, 0.6) is 0 Å². The van der Waals surface area contributed by atoms with Gasteiger partial charge in [0.25, 0.3) is 0 Å². The van der Waals surface area contributed by atoms with Crippen molar-refractivity contribution in [3.63, 3.8) is 0 Å². The van der Waals surface area contributed by atoms with Crippen LogP contribution in [0.25, 0.3) is 0 Å². The lowest BCUT2D eigenvalue weighted by Gasteiger charge is -2.19. The summed E-state index contributed by atoms with van der Waals surface area (Å²) >= 11 is 0. The van der Waals surface area contributed by atoms with Crippen molar-refractivity contribution in [1.29, 1.82) is 0 Å². The molecule has 2 amide bonds. The summed E-state index contributed by atoms with van der Waals surface area (Å²) in [6, 6.07) is 5.13. The van der Waals surface area contributed by atoms with Crippen LogP contribution in [0.3, 0.4) is 0 Å². The number of urea groups is 1. The maximum absolute atomic E-state index is 12.9. The second kappa shape index (κ2) is 5.31. The van der Waals surface area contributed by atoms with E-state index >= 15 is 0 Å². The zero-order valence-electron chi connectivity index (χ0n) is 8.32. The summed E-state index contributed by atoms with van der Waals surface area (Å²) in [4.78, 5) is 12.4. The van der Waals surface area contributed by atoms with Crippen molar-refractivity contribution in [3.8, 4) is 0 Å². The van der Waals surface area contributed by atoms with Crippen LogP contribution >= 0.6 is 0 Å². The fraction of sp³-hybridized carbons (Fsp3) is 0.300. The van der Waals surface area contributed by atoms with Crippen molar-refractivity contribution in [3.05, 3.63) is 30.1 Å². The molecule has 0 aliphatic rings. The number of primary amides is 1. The van der Waals surface area contributed by atoms with E-state index in [0.717, 1.165) is 0 Å². The lowest BCUT2D eigenvalue weighted by Crippen LogP contribution is -2.37. The van der Waals surface area contributed by atoms with Gasteiger partial charge in [-0.3, -0.25) is 4.90 Å². The molecule has 0 bridgehead atoms. The topological polar surface area (TPSA) is 72.3 Å². The first-order valence-electron chi connectivity index (χ1n) is 4.67. The summed E-state index contributed by atoms with van der Waals surface area (Å²) in [6.07, 6.45) is 0.624. The summed E-state index contributed by atoms with van der Waals surface area (Å²) in [5.41, 5.74) is 11.0. The lowest BCUT2D eigenvalue weighted by atomic mass is 10.2. The molecule has 15 heavy (non-hydrogen) atoms. The number of carbonyl (C=O) groups is 1. The van der Waals surface area contributed by atoms with E-state index in [1.165, 1.54) is 23.1 Å². The van der Waals surface area contributed by atoms with Gasteiger partial charge in [0, 0.05) is 12.2 Å². The number of rotatable bonds is 4. The number of halogens is 1. The first-order chi connectivity index (χ1) is 7.15. The molecule has 0 unspecified atom stereocenters. The number of hydrogen-bond donors (Lipinski definition) is 2. The first kappa shape index (κ1) is 11.5. The minimum absolute atomic E-state index is 0.397. The van der Waals surface area contributed by atoms with Crippen molar-refractivity contribution in [1.82, 2.24) is 0 Å². The van der Waals surface area contributed by atoms with Gasteiger partial charge in [0.15, 0.2) is 0 Å². The smallest absolute Gasteiger partial charge is 0.319 e. The molecule has 0 heterocycles. The molecule has 0 aliphatic heterocycles. The molecule has 1 rings (SSSR count). The molecule has 82 valence electrons. The van der Waals surface area contributed by atoms with Crippen LogP contribution in [0.4, 0.5) is 14.9 Å². The Kier molecular flexibility index (Phi) is 4.05. The minimum atomic E-state index is -0.603. The number of nitrogens with two attached hydrogens (primary N) is 2. The molecular weight excluding hydrogens is 197 g/mol. The summed E-state index contributed by atoms with van der Waals surface area (Å²) in [5, 5.41) is 0. The predicted octanol–water partition coefficient (Wildman–Crippen LogP) is 1.06. The summed E-state index contributed by atoms with van der Waals surface area (Å²) in [5.74, 6) is -0.397. The maximum atomic E-state index is 12.9. The third kappa shape index (κ3) is 3.21. The average molecular weight is 211 g/mol. The standard InChI is InChI=1S/C10H14FN3O/c11-8-3-1-4-9(7-8)14(10(13)15)6-2-5-12/h1,3-4,7H,2,5-6,12H2,(H2,13,15). The molecular formula is C10H14FN3O. The second-order valence-corrected chi connectivity index (χ2v) is 3.11. The van der Waals surface area contributed by atoms with Gasteiger partial charge in [-0.15, -0.1) is 0 Å². The first-order valence-corrected chi connectivity index (χ1v) is 4.67. The molecule has 0 fully saturated rings. The van der Waals surface area contributed by atoms with E-state index in [4.69, 9.17) is 11.5 Å². The maximum Gasteiger partial charge on any atom is 0.319 e. The highest BCUT2D eigenvalue weighted by molar-refractivity contribution is 5.90. The van der Waals surface area contributed by atoms with Gasteiger partial charge in [-0.2, -0.15) is 0 Å². The Balaban J connectivity index is 2.84. The molecule has 0 atom stereocenters. The molecule has 4 nitrogen and oxygen atoms in total. The largest absolute Gasteiger partial charge is 0.351 e. The number of anilines is 1. The normalized spacial score (nSPS) is 10.0. The van der Waals surface area contributed by atoms with Crippen LogP contribution in [0.15, 0.2) is 24.3 Å². The molecule has 0 saturated carbocycles. The molecule has 0 aliphatic carbocycles. The molecule has 0 radical (unpaired) electrons. The Morgan fingerprint density at radius 2 is 2.20 bits per heavy atom. The van der Waals surface area contributed by atoms with Crippen LogP contribution in [0.1, 0.15) is 6.42 Å². The van der Waals surface area contributed by atoms with Crippen LogP contribution in [0.2, 0.25) is 0 Å². The minimum Gasteiger partial charge on any atom is -0.351 e. The third-order valence-electron chi connectivity index (χ3n) is 1.97. The number of carbonyl (C=O) groups excluding carboxylic acids is 1. The highest BCUT2D eigenvalue weighted by atomic mass is 19.1. The Labute approximate surface area is 87.7 Å². The van der Waals surface area contributed by atoms with Crippen LogP contribution in [-0.2, 0) is 0 Å². The second-order valence-electron chi connectivity index (χ2n) is 3.11. The highest BCUT2D eigenvalue weighted by Crippen LogP contribution is 2.15. The zero-order chi connectivity index (χ0) is 11.3. The van der Waals surface area contributed by atoms with Gasteiger partial charge in [-0.05, 0) is 31.2 Å². The average Bonchev–Trinajstić information content (AvgIpc) is 2.18. The predicted molar refractivity (Wildman–Crippen MR) is 57.0 cm³/mol. The van der Waals surface area contributed by atoms with Gasteiger partial charge in [0.05, 0.1) is 0 Å². The third-order valence-corrected chi connectivity index (χ3v) is 1.97. The summed E-state index contributed by atoms with van der Waals surface area (Å²) in [6.45, 7) is 0.856. The van der Waals surface area contributed by atoms with Gasteiger partial charge in [-0.1, -0.05) is 6.07 Å². The highest BCUT2D eigenvalue weighted by Gasteiger charge is 2.11. The molecule has 0 aromatic heterocycles. The van der Waals surface area contributed by atoms with Crippen LogP contribution in [-0.4, -0.2) is 19.1 Å². The fourth-order valence-corrected chi connectivity index (χ4v) is 1.26. The lowest BCUT2D eigenvalue weighted by molar-refractivity contribution is 0.254. The Hall–Kier alpha value is -1.62. The van der Waals surface area contributed by atoms with E-state index in [1.54, 1.807) is 6.07 Å². The zero-order valence-corrected chi connectivity index (χ0v) is 8.32. The van der Waals surface area contributed by atoms with Gasteiger partial charge in [0.1, 0.15) is 5.82 Å². The van der Waals surface area contributed by atoms with Crippen molar-refractivity contribution in [2.45, 2.75) is 6.42 Å². The van der Waals surface area contributed by atoms with Gasteiger partial charge >= 0.3 is 6.03 Å². The quantitative estimate of drug-likeness (QED) is 0.781. The van der Waals surface area contributed by atoms with E-state index in [2.05, 4.69) is 0 Å². The Morgan fingerprint density at radius 1 is 1.47 bits per heavy atom. The molecule has 1 aromatic rings. The van der Waals surface area contributed by atoms with E-state index in [-0.39, 0.29) is 0 Å². The molecule has 4 N–H and O–H groups in total. The van der Waals surface area contributed by atoms with Gasteiger partial charge in [-0.25, -0.2) is 9.18 Å². The number of hydrogen-bond acceptors (Lipinski definition) is 2. The Morgan fingerprint density at radius 3 is 2.73 bits per heavy atom. The van der Waals surface area contributed by atoms with E-state index < -0.39 is 11.8 Å². The van der Waals surface area contributed by atoms with E-state index in [9.17, 15) is 9.18 Å². The number of benzene rings is 1. The SMILES string of the molecule is NCCCN(C(N)=O)c1cccc(F)c1. The van der Waals surface area contributed by atoms with Crippen molar-refractivity contribution < 1.29 is 9.18 Å². The number of nitrogens with zero attached hydrogens (tertiary/aromatic N) is 1. The molecule has 5 heteroatoms. The van der Waals surface area contributed by atoms with Crippen molar-refractivity contribution in [2.75, 3.05) is 18.0 Å². The van der Waals surface area contributed by atoms with Gasteiger partial charge < -0.3 is 11.5 Å². The monoisotopic (exact) mass is 211 g/mol. The van der Waals surface area contributed by atoms with Gasteiger partial charge in [0.2, 0.25) is 0 Å². The van der Waals surface area contributed by atoms with E-state index in [1.807, 2.05) is 0 Å². The number of amides is 2. The van der Waals surface area contributed by atoms with Crippen LogP contribution < -0.4 is 16.4 Å².